The van der Waals surface area contributed by atoms with Crippen molar-refractivity contribution < 1.29 is 19.4 Å². The summed E-state index contributed by atoms with van der Waals surface area (Å²) >= 11 is 0. The fraction of sp³-hybridized carbons (Fsp3) is 0.222. The van der Waals surface area contributed by atoms with Gasteiger partial charge in [-0.15, -0.1) is 0 Å². The van der Waals surface area contributed by atoms with Gasteiger partial charge in [0.1, 0.15) is 5.75 Å². The molecule has 1 amide bonds. The first-order valence-electron chi connectivity index (χ1n) is 7.25. The van der Waals surface area contributed by atoms with Crippen LogP contribution in [-0.4, -0.2) is 23.1 Å². The molecule has 0 saturated heterocycles. The summed E-state index contributed by atoms with van der Waals surface area (Å²) in [5, 5.41) is 11.7. The smallest absolute Gasteiger partial charge is 0.344 e. The van der Waals surface area contributed by atoms with Gasteiger partial charge < -0.3 is 15.2 Å². The minimum absolute atomic E-state index is 0.227. The maximum atomic E-state index is 12.2. The Labute approximate surface area is 134 Å². The first kappa shape index (κ1) is 16.5. The number of carboxylic acids is 1. The van der Waals surface area contributed by atoms with E-state index in [0.29, 0.717) is 11.3 Å². The highest BCUT2D eigenvalue weighted by Crippen LogP contribution is 2.19. The van der Waals surface area contributed by atoms with Crippen molar-refractivity contribution in [2.45, 2.75) is 26.9 Å². The minimum Gasteiger partial charge on any atom is -0.479 e. The number of carbonyl (C=O) groups excluding carboxylic acids is 1. The number of aliphatic carboxylic acids is 1. The van der Waals surface area contributed by atoms with Gasteiger partial charge in [0.05, 0.1) is 0 Å². The van der Waals surface area contributed by atoms with Crippen LogP contribution in [0.1, 0.15) is 28.4 Å². The summed E-state index contributed by atoms with van der Waals surface area (Å²) < 4.78 is 5.23. The molecule has 0 bridgehead atoms. The van der Waals surface area contributed by atoms with E-state index in [1.165, 1.54) is 6.92 Å². The normalized spacial score (nSPS) is 11.6. The zero-order chi connectivity index (χ0) is 17.0. The topological polar surface area (TPSA) is 75.6 Å². The van der Waals surface area contributed by atoms with Crippen molar-refractivity contribution in [1.29, 1.82) is 0 Å². The molecule has 2 N–H and O–H groups in total. The molecule has 0 aromatic heterocycles. The number of ether oxygens (including phenoxy) is 1. The lowest BCUT2D eigenvalue weighted by molar-refractivity contribution is -0.144. The Morgan fingerprint density at radius 3 is 2.30 bits per heavy atom. The molecule has 5 heteroatoms. The van der Waals surface area contributed by atoms with E-state index >= 15 is 0 Å². The maximum absolute atomic E-state index is 12.2. The van der Waals surface area contributed by atoms with Gasteiger partial charge in [0, 0.05) is 11.3 Å². The predicted octanol–water partition coefficient (Wildman–Crippen LogP) is 3.41. The molecule has 0 unspecified atom stereocenters. The van der Waals surface area contributed by atoms with Crippen LogP contribution in [-0.2, 0) is 4.79 Å². The Kier molecular flexibility index (Phi) is 5.01. The number of carbonyl (C=O) groups is 2. The Balaban J connectivity index is 2.06. The van der Waals surface area contributed by atoms with Gasteiger partial charge in [-0.25, -0.2) is 4.79 Å². The van der Waals surface area contributed by atoms with Gasteiger partial charge >= 0.3 is 5.97 Å². The average molecular weight is 313 g/mol. The van der Waals surface area contributed by atoms with Crippen molar-refractivity contribution in [2.75, 3.05) is 5.32 Å². The van der Waals surface area contributed by atoms with Crippen LogP contribution in [0.15, 0.2) is 42.5 Å². The number of anilines is 1. The Morgan fingerprint density at radius 1 is 1.09 bits per heavy atom. The molecule has 0 heterocycles. The summed E-state index contributed by atoms with van der Waals surface area (Å²) in [6, 6.07) is 12.2. The lowest BCUT2D eigenvalue weighted by Crippen LogP contribution is -2.22. The Morgan fingerprint density at radius 2 is 1.74 bits per heavy atom. The van der Waals surface area contributed by atoms with Crippen LogP contribution >= 0.6 is 0 Å². The van der Waals surface area contributed by atoms with Crippen molar-refractivity contribution in [3.05, 3.63) is 59.2 Å². The monoisotopic (exact) mass is 313 g/mol. The summed E-state index contributed by atoms with van der Waals surface area (Å²) in [4.78, 5) is 23.0. The van der Waals surface area contributed by atoms with Gasteiger partial charge in [-0.05, 0) is 56.7 Å². The number of hydrogen-bond donors (Lipinski definition) is 2. The first-order valence-corrected chi connectivity index (χ1v) is 7.25. The average Bonchev–Trinajstić information content (AvgIpc) is 2.50. The van der Waals surface area contributed by atoms with Crippen LogP contribution in [0.5, 0.6) is 5.75 Å². The van der Waals surface area contributed by atoms with Gasteiger partial charge in [-0.1, -0.05) is 17.7 Å². The van der Waals surface area contributed by atoms with Crippen molar-refractivity contribution in [3.63, 3.8) is 0 Å². The first-order chi connectivity index (χ1) is 10.9. The molecular weight excluding hydrogens is 294 g/mol. The molecule has 0 aliphatic carbocycles. The maximum Gasteiger partial charge on any atom is 0.344 e. The molecule has 0 spiro atoms. The summed E-state index contributed by atoms with van der Waals surface area (Å²) in [5.41, 5.74) is 3.36. The van der Waals surface area contributed by atoms with E-state index in [1.807, 2.05) is 32.0 Å². The third-order valence-corrected chi connectivity index (χ3v) is 3.41. The summed E-state index contributed by atoms with van der Waals surface area (Å²) in [7, 11) is 0. The summed E-state index contributed by atoms with van der Waals surface area (Å²) in [6.45, 7) is 5.38. The summed E-state index contributed by atoms with van der Waals surface area (Å²) in [5.74, 6) is -0.862. The third kappa shape index (κ3) is 4.32. The van der Waals surface area contributed by atoms with E-state index in [-0.39, 0.29) is 5.91 Å². The highest BCUT2D eigenvalue weighted by atomic mass is 16.5. The van der Waals surface area contributed by atoms with Crippen LogP contribution in [0.25, 0.3) is 0 Å². The Hall–Kier alpha value is -2.82. The van der Waals surface area contributed by atoms with E-state index in [9.17, 15) is 9.59 Å². The zero-order valence-corrected chi connectivity index (χ0v) is 13.3. The summed E-state index contributed by atoms with van der Waals surface area (Å²) in [6.07, 6.45) is -0.940. The number of carboxylic acid groups (broad SMARTS) is 1. The van der Waals surface area contributed by atoms with Gasteiger partial charge in [0.25, 0.3) is 5.91 Å². The second-order valence-electron chi connectivity index (χ2n) is 5.40. The highest BCUT2D eigenvalue weighted by molar-refractivity contribution is 6.04. The molecule has 0 radical (unpaired) electrons. The molecule has 0 aliphatic rings. The molecule has 120 valence electrons. The van der Waals surface area contributed by atoms with Crippen LogP contribution in [0.2, 0.25) is 0 Å². The minimum atomic E-state index is -1.04. The molecule has 0 fully saturated rings. The molecule has 1 atom stereocenters. The lowest BCUT2D eigenvalue weighted by atomic mass is 10.1. The second kappa shape index (κ2) is 6.96. The second-order valence-corrected chi connectivity index (χ2v) is 5.40. The molecule has 5 nitrogen and oxygen atoms in total. The number of aryl methyl sites for hydroxylation is 2. The SMILES string of the molecule is Cc1ccc(NC(=O)c2ccc(O[C@H](C)C(=O)O)cc2)c(C)c1. The fourth-order valence-electron chi connectivity index (χ4n) is 2.09. The molecule has 0 aliphatic heterocycles. The van der Waals surface area contributed by atoms with E-state index in [4.69, 9.17) is 9.84 Å². The predicted molar refractivity (Wildman–Crippen MR) is 88.0 cm³/mol. The van der Waals surface area contributed by atoms with Crippen LogP contribution in [0.3, 0.4) is 0 Å². The molecule has 2 aromatic carbocycles. The molecular formula is C18H19NO4. The standard InChI is InChI=1S/C18H19NO4/c1-11-4-9-16(12(2)10-11)19-17(20)14-5-7-15(8-6-14)23-13(3)18(21)22/h4-10,13H,1-3H3,(H,19,20)(H,21,22)/t13-/m1/s1. The van der Waals surface area contributed by atoms with Crippen LogP contribution in [0, 0.1) is 13.8 Å². The van der Waals surface area contributed by atoms with Gasteiger partial charge in [-0.2, -0.15) is 0 Å². The third-order valence-electron chi connectivity index (χ3n) is 3.41. The van der Waals surface area contributed by atoms with Crippen molar-refractivity contribution in [2.24, 2.45) is 0 Å². The van der Waals surface area contributed by atoms with Gasteiger partial charge in [-0.3, -0.25) is 4.79 Å². The lowest BCUT2D eigenvalue weighted by Gasteiger charge is -2.11. The molecule has 2 rings (SSSR count). The van der Waals surface area contributed by atoms with E-state index in [1.54, 1.807) is 24.3 Å². The van der Waals surface area contributed by atoms with Crippen molar-refractivity contribution >= 4 is 17.6 Å². The highest BCUT2D eigenvalue weighted by Gasteiger charge is 2.13. The van der Waals surface area contributed by atoms with E-state index < -0.39 is 12.1 Å². The molecule has 0 saturated carbocycles. The zero-order valence-electron chi connectivity index (χ0n) is 13.3. The van der Waals surface area contributed by atoms with Gasteiger partial charge in [0.15, 0.2) is 6.10 Å². The number of amides is 1. The quantitative estimate of drug-likeness (QED) is 0.887. The fourth-order valence-corrected chi connectivity index (χ4v) is 2.09. The number of rotatable bonds is 5. The molecule has 2 aromatic rings. The van der Waals surface area contributed by atoms with E-state index in [2.05, 4.69) is 5.32 Å². The number of hydrogen-bond acceptors (Lipinski definition) is 3. The van der Waals surface area contributed by atoms with Crippen LogP contribution in [0.4, 0.5) is 5.69 Å². The Bertz CT molecular complexity index is 722. The van der Waals surface area contributed by atoms with E-state index in [0.717, 1.165) is 16.8 Å². The van der Waals surface area contributed by atoms with Crippen LogP contribution < -0.4 is 10.1 Å². The number of nitrogens with one attached hydrogen (secondary N) is 1. The van der Waals surface area contributed by atoms with Crippen molar-refractivity contribution in [1.82, 2.24) is 0 Å². The molecule has 23 heavy (non-hydrogen) atoms. The number of benzene rings is 2. The van der Waals surface area contributed by atoms with Gasteiger partial charge in [0.2, 0.25) is 0 Å². The van der Waals surface area contributed by atoms with Crippen molar-refractivity contribution in [3.8, 4) is 5.75 Å². The largest absolute Gasteiger partial charge is 0.479 e.